The van der Waals surface area contributed by atoms with Gasteiger partial charge in [0.05, 0.1) is 17.3 Å². The molecule has 0 spiro atoms. The van der Waals surface area contributed by atoms with Crippen LogP contribution in [0.15, 0.2) is 107 Å². The van der Waals surface area contributed by atoms with Crippen LogP contribution in [0.3, 0.4) is 0 Å². The smallest absolute Gasteiger partial charge is 0.116 e. The van der Waals surface area contributed by atoms with Crippen LogP contribution in [0.1, 0.15) is 108 Å². The lowest BCUT2D eigenvalue weighted by atomic mass is 9.58. The fraction of sp³-hybridized carbons (Fsp3) is 0.550. The lowest BCUT2D eigenvalue weighted by Crippen LogP contribution is -2.62. The van der Waals surface area contributed by atoms with Gasteiger partial charge < -0.3 is 14.9 Å². The van der Waals surface area contributed by atoms with Gasteiger partial charge in [0.2, 0.25) is 0 Å². The van der Waals surface area contributed by atoms with Crippen LogP contribution >= 0.6 is 0 Å². The molecular formula is C40H58O3. The Kier molecular flexibility index (Phi) is 11.1. The van der Waals surface area contributed by atoms with Crippen LogP contribution < -0.4 is 0 Å². The third-order valence-electron chi connectivity index (χ3n) is 10.1. The molecule has 2 fully saturated rings. The van der Waals surface area contributed by atoms with E-state index in [0.29, 0.717) is 6.42 Å². The van der Waals surface area contributed by atoms with Crippen molar-refractivity contribution >= 4 is 0 Å². The van der Waals surface area contributed by atoms with Gasteiger partial charge in [0.15, 0.2) is 0 Å². The standard InChI is InChI=1S/C40H58O3/c1-30(19-13-20-32(3)23-28-40(42)37(7,8)25-16-27-39(40,10)41)17-11-12-18-31(2)21-14-22-33(4)34-29-35-36(5,6)24-15-26-38(35,9)43-34/h11-14,17-23,28-29,34,41-42H,15-16,24-27H2,1-10H3/b12-11+,19-13+,21-14+,28-23+,30-17+,31-18+,32-20+,33-22+/t34?,38-,39+,40-/m0/s1. The summed E-state index contributed by atoms with van der Waals surface area (Å²) < 4.78 is 6.55. The maximum atomic E-state index is 11.4. The molecule has 4 atom stereocenters. The zero-order valence-corrected chi connectivity index (χ0v) is 28.6. The quantitative estimate of drug-likeness (QED) is 0.209. The molecule has 0 aromatic rings. The van der Waals surface area contributed by atoms with Gasteiger partial charge in [0.25, 0.3) is 0 Å². The predicted molar refractivity (Wildman–Crippen MR) is 184 cm³/mol. The van der Waals surface area contributed by atoms with Crippen molar-refractivity contribution in [1.29, 1.82) is 0 Å². The van der Waals surface area contributed by atoms with Crippen molar-refractivity contribution in [2.24, 2.45) is 10.8 Å². The van der Waals surface area contributed by atoms with Crippen molar-refractivity contribution in [3.63, 3.8) is 0 Å². The maximum Gasteiger partial charge on any atom is 0.116 e. The molecule has 0 aromatic heterocycles. The van der Waals surface area contributed by atoms with E-state index in [2.05, 4.69) is 96.2 Å². The molecule has 0 radical (unpaired) electrons. The minimum atomic E-state index is -1.26. The number of fused-ring (bicyclic) bond motifs is 1. The molecule has 0 aromatic carbocycles. The molecule has 1 aliphatic heterocycles. The molecule has 3 heteroatoms. The average molecular weight is 587 g/mol. The molecule has 43 heavy (non-hydrogen) atoms. The summed E-state index contributed by atoms with van der Waals surface area (Å²) in [4.78, 5) is 0. The van der Waals surface area contributed by atoms with E-state index in [1.807, 2.05) is 39.0 Å². The van der Waals surface area contributed by atoms with Gasteiger partial charge >= 0.3 is 0 Å². The summed E-state index contributed by atoms with van der Waals surface area (Å²) >= 11 is 0. The van der Waals surface area contributed by atoms with E-state index in [1.165, 1.54) is 29.6 Å². The first-order chi connectivity index (χ1) is 19.9. The van der Waals surface area contributed by atoms with Gasteiger partial charge in [-0.2, -0.15) is 0 Å². The van der Waals surface area contributed by atoms with E-state index >= 15 is 0 Å². The van der Waals surface area contributed by atoms with E-state index in [4.69, 9.17) is 4.74 Å². The van der Waals surface area contributed by atoms with Crippen molar-refractivity contribution in [3.8, 4) is 0 Å². The normalized spacial score (nSPS) is 34.1. The van der Waals surface area contributed by atoms with Gasteiger partial charge in [-0.05, 0) is 114 Å². The summed E-state index contributed by atoms with van der Waals surface area (Å²) in [7, 11) is 0. The first-order valence-electron chi connectivity index (χ1n) is 16.2. The topological polar surface area (TPSA) is 49.7 Å². The first kappa shape index (κ1) is 35.0. The molecule has 3 rings (SSSR count). The van der Waals surface area contributed by atoms with Crippen molar-refractivity contribution in [3.05, 3.63) is 107 Å². The highest BCUT2D eigenvalue weighted by molar-refractivity contribution is 5.37. The number of hydrogen-bond acceptors (Lipinski definition) is 3. The SMILES string of the molecule is CC(/C=C/C=C(C)/C=C/[C@]1(O)C(C)(C)CCC[C@@]1(C)O)=C\C=C\C=C(C)\C=C\C=C(/C)C1C=C2C(C)(C)CCC[C@]2(C)O1. The second kappa shape index (κ2) is 13.7. The largest absolute Gasteiger partial charge is 0.387 e. The van der Waals surface area contributed by atoms with Crippen LogP contribution in [0.25, 0.3) is 0 Å². The minimum Gasteiger partial charge on any atom is -0.387 e. The average Bonchev–Trinajstić information content (AvgIpc) is 3.27. The van der Waals surface area contributed by atoms with E-state index in [-0.39, 0.29) is 22.5 Å². The Labute approximate surface area is 262 Å². The number of ether oxygens (including phenoxy) is 1. The van der Waals surface area contributed by atoms with E-state index in [1.54, 1.807) is 13.0 Å². The number of hydrogen-bond donors (Lipinski definition) is 2. The van der Waals surface area contributed by atoms with Crippen molar-refractivity contribution in [2.45, 2.75) is 131 Å². The van der Waals surface area contributed by atoms with E-state index < -0.39 is 11.2 Å². The molecule has 0 amide bonds. The molecule has 2 saturated carbocycles. The lowest BCUT2D eigenvalue weighted by molar-refractivity contribution is -0.194. The summed E-state index contributed by atoms with van der Waals surface area (Å²) in [6.45, 7) is 21.1. The summed E-state index contributed by atoms with van der Waals surface area (Å²) in [5, 5.41) is 22.3. The summed E-state index contributed by atoms with van der Waals surface area (Å²) in [6, 6.07) is 0. The molecule has 2 N–H and O–H groups in total. The second-order valence-electron chi connectivity index (χ2n) is 14.9. The number of allylic oxidation sites excluding steroid dienone is 14. The molecule has 3 aliphatic rings. The van der Waals surface area contributed by atoms with Crippen LogP contribution in [0.5, 0.6) is 0 Å². The molecule has 0 bridgehead atoms. The molecular weight excluding hydrogens is 528 g/mol. The van der Waals surface area contributed by atoms with Gasteiger partial charge in [0, 0.05) is 0 Å². The third-order valence-corrected chi connectivity index (χ3v) is 10.1. The highest BCUT2D eigenvalue weighted by atomic mass is 16.5. The summed E-state index contributed by atoms with van der Waals surface area (Å²) in [6.07, 6.45) is 33.0. The highest BCUT2D eigenvalue weighted by Crippen LogP contribution is 2.52. The fourth-order valence-electron chi connectivity index (χ4n) is 7.09. The zero-order valence-electron chi connectivity index (χ0n) is 28.6. The van der Waals surface area contributed by atoms with Crippen molar-refractivity contribution in [2.75, 3.05) is 0 Å². The second-order valence-corrected chi connectivity index (χ2v) is 14.9. The van der Waals surface area contributed by atoms with Gasteiger partial charge in [-0.15, -0.1) is 0 Å². The van der Waals surface area contributed by atoms with Gasteiger partial charge in [-0.3, -0.25) is 0 Å². The van der Waals surface area contributed by atoms with Gasteiger partial charge in [-0.25, -0.2) is 0 Å². The Balaban J connectivity index is 1.53. The van der Waals surface area contributed by atoms with Gasteiger partial charge in [-0.1, -0.05) is 111 Å². The number of aliphatic hydroxyl groups is 2. The molecule has 1 unspecified atom stereocenters. The fourth-order valence-corrected chi connectivity index (χ4v) is 7.09. The molecule has 1 heterocycles. The first-order valence-corrected chi connectivity index (χ1v) is 16.2. The molecule has 0 saturated heterocycles. The third kappa shape index (κ3) is 8.38. The Hall–Kier alpha value is -2.46. The van der Waals surface area contributed by atoms with Crippen LogP contribution in [0, 0.1) is 10.8 Å². The molecule has 2 aliphatic carbocycles. The molecule has 3 nitrogen and oxygen atoms in total. The Morgan fingerprint density at radius 1 is 0.698 bits per heavy atom. The highest BCUT2D eigenvalue weighted by Gasteiger charge is 2.56. The van der Waals surface area contributed by atoms with E-state index in [0.717, 1.165) is 30.4 Å². The summed E-state index contributed by atoms with van der Waals surface area (Å²) in [5.41, 5.74) is 3.39. The zero-order chi connectivity index (χ0) is 32.1. The van der Waals surface area contributed by atoms with Crippen LogP contribution in [0.2, 0.25) is 0 Å². The minimum absolute atomic E-state index is 0.0636. The van der Waals surface area contributed by atoms with Gasteiger partial charge in [0.1, 0.15) is 5.60 Å². The monoisotopic (exact) mass is 586 g/mol. The summed E-state index contributed by atoms with van der Waals surface area (Å²) in [5.74, 6) is 0. The Morgan fingerprint density at radius 2 is 1.23 bits per heavy atom. The maximum absolute atomic E-state index is 11.4. The van der Waals surface area contributed by atoms with Crippen LogP contribution in [0.4, 0.5) is 0 Å². The van der Waals surface area contributed by atoms with Crippen molar-refractivity contribution < 1.29 is 14.9 Å². The number of rotatable bonds is 9. The van der Waals surface area contributed by atoms with Crippen molar-refractivity contribution in [1.82, 2.24) is 0 Å². The Bertz CT molecular complexity index is 1270. The predicted octanol–water partition coefficient (Wildman–Crippen LogP) is 9.98. The lowest BCUT2D eigenvalue weighted by Gasteiger charge is -2.53. The van der Waals surface area contributed by atoms with Crippen LogP contribution in [-0.2, 0) is 4.74 Å². The Morgan fingerprint density at radius 3 is 1.81 bits per heavy atom. The van der Waals surface area contributed by atoms with Crippen LogP contribution in [-0.4, -0.2) is 33.1 Å². The molecule has 236 valence electrons. The van der Waals surface area contributed by atoms with E-state index in [9.17, 15) is 10.2 Å².